The van der Waals surface area contributed by atoms with Gasteiger partial charge in [-0.15, -0.1) is 0 Å². The molecule has 0 aliphatic heterocycles. The highest BCUT2D eigenvalue weighted by molar-refractivity contribution is 6.30. The van der Waals surface area contributed by atoms with Crippen molar-refractivity contribution in [3.05, 3.63) is 59.3 Å². The number of halogens is 2. The van der Waals surface area contributed by atoms with Gasteiger partial charge in [0.15, 0.2) is 0 Å². The van der Waals surface area contributed by atoms with E-state index in [-0.39, 0.29) is 36.0 Å². The molecule has 0 unspecified atom stereocenters. The van der Waals surface area contributed by atoms with Crippen LogP contribution in [0.5, 0.6) is 0 Å². The number of pyridine rings is 1. The Morgan fingerprint density at radius 3 is 2.83 bits per heavy atom. The Hall–Kier alpha value is -2.80. The van der Waals surface area contributed by atoms with Crippen molar-refractivity contribution in [3.63, 3.8) is 0 Å². The van der Waals surface area contributed by atoms with Gasteiger partial charge in [-0.05, 0) is 24.3 Å². The van der Waals surface area contributed by atoms with E-state index in [9.17, 15) is 9.18 Å². The van der Waals surface area contributed by atoms with E-state index in [0.29, 0.717) is 10.8 Å². The van der Waals surface area contributed by atoms with Crippen LogP contribution in [0.25, 0.3) is 11.4 Å². The molecule has 0 saturated carbocycles. The molecule has 0 saturated heterocycles. The molecule has 0 spiro atoms. The van der Waals surface area contributed by atoms with Crippen LogP contribution < -0.4 is 5.32 Å². The first-order valence-corrected chi connectivity index (χ1v) is 7.48. The number of hydrogen-bond acceptors (Lipinski definition) is 5. The lowest BCUT2D eigenvalue weighted by molar-refractivity contribution is -0.116. The molecule has 0 radical (unpaired) electrons. The van der Waals surface area contributed by atoms with Crippen LogP contribution in [-0.2, 0) is 11.2 Å². The molecular formula is C16H12ClFN4O2. The standard InChI is InChI=1S/C16H12ClFN4O2/c17-10-5-6-13(19-9-10)20-14(23)7-8-15-21-16(22-24-15)11-3-1-2-4-12(11)18/h1-6,9H,7-8H2,(H,19,20,23). The maximum atomic E-state index is 13.7. The van der Waals surface area contributed by atoms with Crippen molar-refractivity contribution in [2.75, 3.05) is 5.32 Å². The Morgan fingerprint density at radius 2 is 2.08 bits per heavy atom. The van der Waals surface area contributed by atoms with E-state index in [2.05, 4.69) is 20.4 Å². The second kappa shape index (κ2) is 7.18. The largest absolute Gasteiger partial charge is 0.339 e. The minimum Gasteiger partial charge on any atom is -0.339 e. The van der Waals surface area contributed by atoms with Gasteiger partial charge in [0.25, 0.3) is 0 Å². The van der Waals surface area contributed by atoms with Gasteiger partial charge >= 0.3 is 0 Å². The quantitative estimate of drug-likeness (QED) is 0.764. The summed E-state index contributed by atoms with van der Waals surface area (Å²) in [6.07, 6.45) is 1.81. The summed E-state index contributed by atoms with van der Waals surface area (Å²) < 4.78 is 18.7. The summed E-state index contributed by atoms with van der Waals surface area (Å²) in [6.45, 7) is 0. The van der Waals surface area contributed by atoms with Gasteiger partial charge in [-0.3, -0.25) is 4.79 Å². The van der Waals surface area contributed by atoms with Gasteiger partial charge in [-0.1, -0.05) is 28.9 Å². The first-order valence-electron chi connectivity index (χ1n) is 7.11. The maximum Gasteiger partial charge on any atom is 0.227 e. The van der Waals surface area contributed by atoms with Crippen LogP contribution in [0.1, 0.15) is 12.3 Å². The number of anilines is 1. The zero-order valence-electron chi connectivity index (χ0n) is 12.4. The first-order chi connectivity index (χ1) is 11.6. The molecule has 0 bridgehead atoms. The summed E-state index contributed by atoms with van der Waals surface area (Å²) in [4.78, 5) is 19.9. The highest BCUT2D eigenvalue weighted by Crippen LogP contribution is 2.19. The van der Waals surface area contributed by atoms with Crippen molar-refractivity contribution in [2.45, 2.75) is 12.8 Å². The van der Waals surface area contributed by atoms with E-state index in [0.717, 1.165) is 0 Å². The van der Waals surface area contributed by atoms with Gasteiger partial charge in [-0.2, -0.15) is 4.98 Å². The van der Waals surface area contributed by atoms with Crippen molar-refractivity contribution in [3.8, 4) is 11.4 Å². The predicted octanol–water partition coefficient (Wildman–Crippen LogP) is 3.50. The average Bonchev–Trinajstić information content (AvgIpc) is 3.04. The average molecular weight is 347 g/mol. The van der Waals surface area contributed by atoms with Crippen LogP contribution in [0.4, 0.5) is 10.2 Å². The van der Waals surface area contributed by atoms with E-state index in [4.69, 9.17) is 16.1 Å². The summed E-state index contributed by atoms with van der Waals surface area (Å²) in [7, 11) is 0. The van der Waals surface area contributed by atoms with Crippen LogP contribution in [0.2, 0.25) is 5.02 Å². The summed E-state index contributed by atoms with van der Waals surface area (Å²) in [5.41, 5.74) is 0.252. The molecule has 122 valence electrons. The Morgan fingerprint density at radius 1 is 1.25 bits per heavy atom. The highest BCUT2D eigenvalue weighted by atomic mass is 35.5. The Bertz CT molecular complexity index is 851. The zero-order valence-corrected chi connectivity index (χ0v) is 13.1. The molecule has 1 N–H and O–H groups in total. The van der Waals surface area contributed by atoms with Crippen LogP contribution in [0, 0.1) is 5.82 Å². The van der Waals surface area contributed by atoms with Crippen molar-refractivity contribution in [1.29, 1.82) is 0 Å². The van der Waals surface area contributed by atoms with Gasteiger partial charge in [0, 0.05) is 19.0 Å². The molecular weight excluding hydrogens is 335 g/mol. The number of aryl methyl sites for hydroxylation is 1. The first kappa shape index (κ1) is 16.1. The fraction of sp³-hybridized carbons (Fsp3) is 0.125. The number of aromatic nitrogens is 3. The molecule has 24 heavy (non-hydrogen) atoms. The molecule has 3 aromatic rings. The number of carbonyl (C=O) groups excluding carboxylic acids is 1. The van der Waals surface area contributed by atoms with E-state index in [1.54, 1.807) is 30.3 Å². The van der Waals surface area contributed by atoms with E-state index in [1.807, 2.05) is 0 Å². The summed E-state index contributed by atoms with van der Waals surface area (Å²) in [6, 6.07) is 9.36. The second-order valence-electron chi connectivity index (χ2n) is 4.90. The van der Waals surface area contributed by atoms with Gasteiger partial charge < -0.3 is 9.84 Å². The van der Waals surface area contributed by atoms with Crippen molar-refractivity contribution < 1.29 is 13.7 Å². The molecule has 2 heterocycles. The topological polar surface area (TPSA) is 80.9 Å². The lowest BCUT2D eigenvalue weighted by Gasteiger charge is -2.02. The number of nitrogens with one attached hydrogen (secondary N) is 1. The van der Waals surface area contributed by atoms with E-state index >= 15 is 0 Å². The predicted molar refractivity (Wildman–Crippen MR) is 85.9 cm³/mol. The fourth-order valence-corrected chi connectivity index (χ4v) is 2.10. The lowest BCUT2D eigenvalue weighted by Crippen LogP contribution is -2.13. The monoisotopic (exact) mass is 346 g/mol. The number of hydrogen-bond donors (Lipinski definition) is 1. The van der Waals surface area contributed by atoms with Gasteiger partial charge in [0.05, 0.1) is 10.6 Å². The fourth-order valence-electron chi connectivity index (χ4n) is 1.98. The molecule has 0 fully saturated rings. The Kier molecular flexibility index (Phi) is 4.81. The third-order valence-corrected chi connectivity index (χ3v) is 3.37. The van der Waals surface area contributed by atoms with E-state index in [1.165, 1.54) is 12.3 Å². The van der Waals surface area contributed by atoms with Crippen molar-refractivity contribution >= 4 is 23.3 Å². The second-order valence-corrected chi connectivity index (χ2v) is 5.34. The molecule has 3 rings (SSSR count). The van der Waals surface area contributed by atoms with Gasteiger partial charge in [0.1, 0.15) is 11.6 Å². The molecule has 1 amide bonds. The molecule has 2 aromatic heterocycles. The minimum absolute atomic E-state index is 0.128. The number of amides is 1. The Labute approximate surface area is 141 Å². The molecule has 0 atom stereocenters. The maximum absolute atomic E-state index is 13.7. The summed E-state index contributed by atoms with van der Waals surface area (Å²) in [5, 5.41) is 6.85. The van der Waals surface area contributed by atoms with E-state index < -0.39 is 5.82 Å². The number of rotatable bonds is 5. The Balaban J connectivity index is 1.58. The van der Waals surface area contributed by atoms with Crippen molar-refractivity contribution in [1.82, 2.24) is 15.1 Å². The number of carbonyl (C=O) groups is 1. The normalized spacial score (nSPS) is 10.6. The molecule has 8 heteroatoms. The number of nitrogens with zero attached hydrogens (tertiary/aromatic N) is 3. The highest BCUT2D eigenvalue weighted by Gasteiger charge is 2.13. The lowest BCUT2D eigenvalue weighted by atomic mass is 10.2. The summed E-state index contributed by atoms with van der Waals surface area (Å²) >= 11 is 5.72. The number of benzene rings is 1. The van der Waals surface area contributed by atoms with Crippen LogP contribution in [0.3, 0.4) is 0 Å². The smallest absolute Gasteiger partial charge is 0.227 e. The zero-order chi connectivity index (χ0) is 16.9. The van der Waals surface area contributed by atoms with Crippen LogP contribution in [-0.4, -0.2) is 21.0 Å². The molecule has 0 aliphatic rings. The third kappa shape index (κ3) is 3.94. The van der Waals surface area contributed by atoms with Gasteiger partial charge in [0.2, 0.25) is 17.6 Å². The van der Waals surface area contributed by atoms with Crippen LogP contribution in [0.15, 0.2) is 47.1 Å². The van der Waals surface area contributed by atoms with Gasteiger partial charge in [-0.25, -0.2) is 9.37 Å². The SMILES string of the molecule is O=C(CCc1nc(-c2ccccc2F)no1)Nc1ccc(Cl)cn1. The molecule has 6 nitrogen and oxygen atoms in total. The third-order valence-electron chi connectivity index (χ3n) is 3.14. The minimum atomic E-state index is -0.434. The van der Waals surface area contributed by atoms with Crippen LogP contribution >= 0.6 is 11.6 Å². The van der Waals surface area contributed by atoms with Crippen molar-refractivity contribution in [2.24, 2.45) is 0 Å². The molecule has 0 aliphatic carbocycles. The summed E-state index contributed by atoms with van der Waals surface area (Å²) in [5.74, 6) is 0.129. The molecule has 1 aromatic carbocycles.